The molecule has 2 aliphatic heterocycles. The highest BCUT2D eigenvalue weighted by atomic mass is 16.6. The minimum Gasteiger partial charge on any atom is -0.481 e. The molecule has 0 saturated carbocycles. The highest BCUT2D eigenvalue weighted by Gasteiger charge is 2.37. The maximum atomic E-state index is 12.1. The van der Waals surface area contributed by atoms with Crippen LogP contribution in [0.5, 0.6) is 0 Å². The van der Waals surface area contributed by atoms with Crippen LogP contribution in [0.4, 0.5) is 4.79 Å². The van der Waals surface area contributed by atoms with E-state index in [4.69, 9.17) is 14.6 Å². The zero-order valence-corrected chi connectivity index (χ0v) is 11.6. The number of ether oxygens (including phenoxy) is 3. The number of carboxylic acids is 1. The van der Waals surface area contributed by atoms with E-state index in [2.05, 4.69) is 10.1 Å². The van der Waals surface area contributed by atoms with Crippen LogP contribution in [0.15, 0.2) is 0 Å². The smallest absolute Gasteiger partial charge is 0.336 e. The van der Waals surface area contributed by atoms with E-state index in [-0.39, 0.29) is 26.4 Å². The molecule has 0 spiro atoms. The van der Waals surface area contributed by atoms with Gasteiger partial charge < -0.3 is 29.5 Å². The third kappa shape index (κ3) is 3.61. The molecule has 118 valence electrons. The van der Waals surface area contributed by atoms with Gasteiger partial charge in [-0.1, -0.05) is 0 Å². The number of rotatable bonds is 3. The topological polar surface area (TPSA) is 114 Å². The molecule has 0 aromatic carbocycles. The quantitative estimate of drug-likeness (QED) is 0.621. The van der Waals surface area contributed by atoms with Gasteiger partial charge in [0.2, 0.25) is 0 Å². The van der Waals surface area contributed by atoms with Crippen LogP contribution in [-0.2, 0) is 23.8 Å². The zero-order chi connectivity index (χ0) is 15.4. The Bertz CT molecular complexity index is 428. The number of carboxylic acid groups (broad SMARTS) is 1. The Morgan fingerprint density at radius 2 is 2.10 bits per heavy atom. The summed E-state index contributed by atoms with van der Waals surface area (Å²) in [6.45, 7) is 0.854. The average molecular weight is 302 g/mol. The second-order valence-electron chi connectivity index (χ2n) is 4.87. The molecule has 21 heavy (non-hydrogen) atoms. The van der Waals surface area contributed by atoms with Gasteiger partial charge in [0, 0.05) is 6.54 Å². The predicted octanol–water partition coefficient (Wildman–Crippen LogP) is -1.33. The fourth-order valence-electron chi connectivity index (χ4n) is 2.30. The summed E-state index contributed by atoms with van der Waals surface area (Å²) in [6.07, 6.45) is -0.815. The monoisotopic (exact) mass is 302 g/mol. The van der Waals surface area contributed by atoms with Crippen molar-refractivity contribution in [3.8, 4) is 0 Å². The minimum absolute atomic E-state index is 0.0732. The summed E-state index contributed by atoms with van der Waals surface area (Å²) < 4.78 is 14.9. The van der Waals surface area contributed by atoms with Crippen molar-refractivity contribution in [2.75, 3.05) is 40.0 Å². The molecule has 2 rings (SSSR count). The first-order chi connectivity index (χ1) is 10.0. The first kappa shape index (κ1) is 15.5. The summed E-state index contributed by atoms with van der Waals surface area (Å²) >= 11 is 0. The Balaban J connectivity index is 1.90. The number of nitrogens with zero attached hydrogens (tertiary/aromatic N) is 1. The van der Waals surface area contributed by atoms with Crippen molar-refractivity contribution in [2.24, 2.45) is 5.92 Å². The number of hydrogen-bond donors (Lipinski definition) is 2. The fraction of sp³-hybridized carbons (Fsp3) is 0.750. The first-order valence-corrected chi connectivity index (χ1v) is 6.58. The van der Waals surface area contributed by atoms with E-state index in [1.165, 1.54) is 12.0 Å². The molecule has 0 bridgehead atoms. The number of nitrogens with one attached hydrogen (secondary N) is 1. The zero-order valence-electron chi connectivity index (χ0n) is 11.6. The van der Waals surface area contributed by atoms with Gasteiger partial charge in [0.25, 0.3) is 0 Å². The molecular formula is C12H18N2O7. The molecule has 2 saturated heterocycles. The van der Waals surface area contributed by atoms with Crippen LogP contribution in [0, 0.1) is 5.92 Å². The first-order valence-electron chi connectivity index (χ1n) is 6.58. The van der Waals surface area contributed by atoms with E-state index < -0.39 is 36.0 Å². The molecule has 0 aliphatic carbocycles. The molecule has 2 amide bonds. The molecular weight excluding hydrogens is 284 g/mol. The van der Waals surface area contributed by atoms with E-state index in [0.29, 0.717) is 6.54 Å². The molecule has 3 atom stereocenters. The van der Waals surface area contributed by atoms with E-state index in [1.54, 1.807) is 0 Å². The van der Waals surface area contributed by atoms with Crippen molar-refractivity contribution >= 4 is 18.0 Å². The van der Waals surface area contributed by atoms with Crippen LogP contribution >= 0.6 is 0 Å². The highest BCUT2D eigenvalue weighted by molar-refractivity contribution is 5.79. The van der Waals surface area contributed by atoms with Gasteiger partial charge in [-0.25, -0.2) is 9.59 Å². The number of amides is 2. The van der Waals surface area contributed by atoms with Crippen molar-refractivity contribution < 1.29 is 33.7 Å². The molecule has 0 aromatic rings. The Kier molecular flexibility index (Phi) is 4.97. The van der Waals surface area contributed by atoms with Crippen molar-refractivity contribution in [3.05, 3.63) is 0 Å². The van der Waals surface area contributed by atoms with Gasteiger partial charge >= 0.3 is 18.0 Å². The molecule has 0 radical (unpaired) electrons. The van der Waals surface area contributed by atoms with Gasteiger partial charge in [-0.05, 0) is 0 Å². The number of hydrogen-bond acceptors (Lipinski definition) is 6. The lowest BCUT2D eigenvalue weighted by molar-refractivity contribution is -0.158. The minimum atomic E-state index is -1.01. The highest BCUT2D eigenvalue weighted by Crippen LogP contribution is 2.15. The normalized spacial score (nSPS) is 29.0. The van der Waals surface area contributed by atoms with Crippen molar-refractivity contribution in [2.45, 2.75) is 12.1 Å². The van der Waals surface area contributed by atoms with Gasteiger partial charge in [-0.2, -0.15) is 0 Å². The maximum Gasteiger partial charge on any atom is 0.336 e. The van der Waals surface area contributed by atoms with E-state index in [9.17, 15) is 14.4 Å². The van der Waals surface area contributed by atoms with Gasteiger partial charge in [0.05, 0.1) is 39.5 Å². The molecule has 2 fully saturated rings. The summed E-state index contributed by atoms with van der Waals surface area (Å²) in [7, 11) is 1.25. The van der Waals surface area contributed by atoms with Gasteiger partial charge in [-0.3, -0.25) is 4.79 Å². The number of morpholine rings is 1. The van der Waals surface area contributed by atoms with Gasteiger partial charge in [0.1, 0.15) is 5.92 Å². The number of urea groups is 1. The number of carbonyl (C=O) groups excluding carboxylic acids is 2. The molecule has 2 N–H and O–H groups in total. The lowest BCUT2D eigenvalue weighted by atomic mass is 10.0. The Morgan fingerprint density at radius 1 is 1.33 bits per heavy atom. The van der Waals surface area contributed by atoms with Gasteiger partial charge in [0.15, 0.2) is 6.10 Å². The molecule has 3 unspecified atom stereocenters. The summed E-state index contributed by atoms with van der Waals surface area (Å²) in [5.74, 6) is -2.31. The Morgan fingerprint density at radius 3 is 2.76 bits per heavy atom. The van der Waals surface area contributed by atoms with Crippen LogP contribution < -0.4 is 5.32 Å². The maximum absolute atomic E-state index is 12.1. The molecule has 0 aromatic heterocycles. The summed E-state index contributed by atoms with van der Waals surface area (Å²) in [5.41, 5.74) is 0. The second kappa shape index (κ2) is 6.72. The summed E-state index contributed by atoms with van der Waals surface area (Å²) in [6, 6.07) is -1.01. The second-order valence-corrected chi connectivity index (χ2v) is 4.87. The standard InChI is InChI=1S/C12H18N2O7/c1-19-11(17)9-4-14(2-3-21-9)12(18)13-8-6-20-5-7(8)10(15)16/h7-9H,2-6H2,1H3,(H,13,18)(H,15,16). The number of methoxy groups -OCH3 is 1. The number of esters is 1. The van der Waals surface area contributed by atoms with Crippen LogP contribution in [0.3, 0.4) is 0 Å². The van der Waals surface area contributed by atoms with E-state index in [0.717, 1.165) is 0 Å². The molecule has 2 heterocycles. The SMILES string of the molecule is COC(=O)C1CN(C(=O)NC2COCC2C(=O)O)CCO1. The average Bonchev–Trinajstić information content (AvgIpc) is 2.94. The molecule has 9 heteroatoms. The predicted molar refractivity (Wildman–Crippen MR) is 67.6 cm³/mol. The molecule has 9 nitrogen and oxygen atoms in total. The summed E-state index contributed by atoms with van der Waals surface area (Å²) in [5, 5.41) is 11.7. The fourth-order valence-corrected chi connectivity index (χ4v) is 2.30. The van der Waals surface area contributed by atoms with Crippen molar-refractivity contribution in [1.82, 2.24) is 10.2 Å². The van der Waals surface area contributed by atoms with Crippen molar-refractivity contribution in [1.29, 1.82) is 0 Å². The number of carbonyl (C=O) groups is 3. The van der Waals surface area contributed by atoms with Crippen LogP contribution in [-0.4, -0.2) is 80.1 Å². The van der Waals surface area contributed by atoms with Gasteiger partial charge in [-0.15, -0.1) is 0 Å². The third-order valence-corrected chi connectivity index (χ3v) is 3.52. The molecule has 2 aliphatic rings. The Labute approximate surface area is 121 Å². The van der Waals surface area contributed by atoms with Crippen LogP contribution in [0.25, 0.3) is 0 Å². The van der Waals surface area contributed by atoms with E-state index in [1.807, 2.05) is 0 Å². The lowest BCUT2D eigenvalue weighted by Crippen LogP contribution is -2.55. The summed E-state index contributed by atoms with van der Waals surface area (Å²) in [4.78, 5) is 36.0. The largest absolute Gasteiger partial charge is 0.481 e. The Hall–Kier alpha value is -1.87. The van der Waals surface area contributed by atoms with E-state index >= 15 is 0 Å². The van der Waals surface area contributed by atoms with Crippen molar-refractivity contribution in [3.63, 3.8) is 0 Å². The third-order valence-electron chi connectivity index (χ3n) is 3.52. The van der Waals surface area contributed by atoms with Crippen LogP contribution in [0.2, 0.25) is 0 Å². The number of aliphatic carboxylic acids is 1. The van der Waals surface area contributed by atoms with Crippen LogP contribution in [0.1, 0.15) is 0 Å². The lowest BCUT2D eigenvalue weighted by Gasteiger charge is -2.32.